The minimum Gasteiger partial charge on any atom is -0.349 e. The van der Waals surface area contributed by atoms with Crippen LogP contribution < -0.4 is 5.32 Å². The molecule has 0 aliphatic carbocycles. The Balaban J connectivity index is 1.59. The van der Waals surface area contributed by atoms with Crippen molar-refractivity contribution < 1.29 is 4.79 Å². The molecule has 27 heavy (non-hydrogen) atoms. The molecule has 0 radical (unpaired) electrons. The van der Waals surface area contributed by atoms with Crippen molar-refractivity contribution in [2.45, 2.75) is 46.2 Å². The van der Waals surface area contributed by atoms with Crippen molar-refractivity contribution >= 4 is 17.5 Å². The Hall–Kier alpha value is -1.84. The number of rotatable bonds is 5. The van der Waals surface area contributed by atoms with Crippen LogP contribution in [0.1, 0.15) is 48.1 Å². The van der Waals surface area contributed by atoms with Gasteiger partial charge in [-0.3, -0.25) is 9.69 Å². The number of likely N-dealkylation sites (tertiary alicyclic amines) is 1. The van der Waals surface area contributed by atoms with Crippen LogP contribution in [0.3, 0.4) is 0 Å². The summed E-state index contributed by atoms with van der Waals surface area (Å²) in [6.07, 6.45) is 1.99. The van der Waals surface area contributed by atoms with Gasteiger partial charge in [0.05, 0.1) is 12.0 Å². The lowest BCUT2D eigenvalue weighted by atomic mass is 9.95. The van der Waals surface area contributed by atoms with Crippen LogP contribution in [0.5, 0.6) is 0 Å². The molecule has 0 saturated carbocycles. The fourth-order valence-corrected chi connectivity index (χ4v) is 3.92. The van der Waals surface area contributed by atoms with Gasteiger partial charge in [-0.15, -0.1) is 0 Å². The zero-order valence-corrected chi connectivity index (χ0v) is 17.2. The van der Waals surface area contributed by atoms with Crippen LogP contribution in [0, 0.1) is 19.8 Å². The minimum atomic E-state index is 0.0238. The molecule has 4 heteroatoms. The summed E-state index contributed by atoms with van der Waals surface area (Å²) in [5, 5.41) is 4.02. The van der Waals surface area contributed by atoms with Gasteiger partial charge in [-0.2, -0.15) is 0 Å². The normalized spacial score (nSPS) is 18.9. The number of carbonyl (C=O) groups excluding carboxylic acids is 1. The number of nitrogens with one attached hydrogen (secondary N) is 1. The average molecular weight is 385 g/mol. The highest BCUT2D eigenvalue weighted by Crippen LogP contribution is 2.23. The molecule has 1 aliphatic heterocycles. The second-order valence-corrected chi connectivity index (χ2v) is 8.15. The van der Waals surface area contributed by atoms with Crippen molar-refractivity contribution in [2.75, 3.05) is 13.1 Å². The summed E-state index contributed by atoms with van der Waals surface area (Å²) in [4.78, 5) is 15.2. The lowest BCUT2D eigenvalue weighted by Gasteiger charge is -2.33. The Kier molecular flexibility index (Phi) is 6.56. The molecule has 144 valence electrons. The van der Waals surface area contributed by atoms with Gasteiger partial charge in [0.2, 0.25) is 5.91 Å². The van der Waals surface area contributed by atoms with E-state index in [1.165, 1.54) is 11.1 Å². The largest absolute Gasteiger partial charge is 0.349 e. The Morgan fingerprint density at radius 1 is 1.22 bits per heavy atom. The number of amides is 1. The van der Waals surface area contributed by atoms with E-state index in [-0.39, 0.29) is 17.9 Å². The van der Waals surface area contributed by atoms with E-state index in [4.69, 9.17) is 11.6 Å². The molecule has 2 atom stereocenters. The molecule has 3 rings (SSSR count). The molecular weight excluding hydrogens is 356 g/mol. The molecule has 1 saturated heterocycles. The van der Waals surface area contributed by atoms with Crippen molar-refractivity contribution in [3.8, 4) is 0 Å². The lowest BCUT2D eigenvalue weighted by molar-refractivity contribution is -0.127. The second kappa shape index (κ2) is 8.90. The van der Waals surface area contributed by atoms with Gasteiger partial charge in [0.25, 0.3) is 0 Å². The van der Waals surface area contributed by atoms with Crippen molar-refractivity contribution in [1.82, 2.24) is 10.2 Å². The van der Waals surface area contributed by atoms with Crippen LogP contribution in [0.25, 0.3) is 0 Å². The number of nitrogens with zero attached hydrogens (tertiary/aromatic N) is 1. The number of piperidine rings is 1. The second-order valence-electron chi connectivity index (χ2n) is 7.74. The Morgan fingerprint density at radius 2 is 2.00 bits per heavy atom. The molecule has 2 aromatic carbocycles. The first-order valence-electron chi connectivity index (χ1n) is 9.77. The van der Waals surface area contributed by atoms with E-state index in [1.54, 1.807) is 0 Å². The minimum absolute atomic E-state index is 0.0238. The third-order valence-corrected chi connectivity index (χ3v) is 5.99. The van der Waals surface area contributed by atoms with Crippen molar-refractivity contribution in [3.63, 3.8) is 0 Å². The van der Waals surface area contributed by atoms with E-state index in [0.717, 1.165) is 48.6 Å². The maximum atomic E-state index is 12.8. The van der Waals surface area contributed by atoms with Crippen LogP contribution in [0.2, 0.25) is 5.02 Å². The molecule has 1 fully saturated rings. The average Bonchev–Trinajstić information content (AvgIpc) is 2.66. The van der Waals surface area contributed by atoms with E-state index in [1.807, 2.05) is 18.2 Å². The van der Waals surface area contributed by atoms with Gasteiger partial charge in [-0.25, -0.2) is 0 Å². The number of halogens is 1. The monoisotopic (exact) mass is 384 g/mol. The Bertz CT molecular complexity index is 805. The summed E-state index contributed by atoms with van der Waals surface area (Å²) >= 11 is 6.30. The van der Waals surface area contributed by atoms with E-state index >= 15 is 0 Å². The van der Waals surface area contributed by atoms with Crippen LogP contribution in [0.15, 0.2) is 42.5 Å². The van der Waals surface area contributed by atoms with E-state index < -0.39 is 0 Å². The first kappa shape index (κ1) is 19.9. The highest BCUT2D eigenvalue weighted by Gasteiger charge is 2.27. The third-order valence-electron chi connectivity index (χ3n) is 5.62. The number of carbonyl (C=O) groups is 1. The molecule has 0 aromatic heterocycles. The predicted octanol–water partition coefficient (Wildman–Crippen LogP) is 5.05. The van der Waals surface area contributed by atoms with Crippen LogP contribution >= 0.6 is 11.6 Å². The summed E-state index contributed by atoms with van der Waals surface area (Å²) in [6, 6.07) is 14.4. The summed E-state index contributed by atoms with van der Waals surface area (Å²) in [5.41, 5.74) is 4.83. The predicted molar refractivity (Wildman–Crippen MR) is 112 cm³/mol. The molecule has 0 unspecified atom stereocenters. The molecule has 1 aliphatic rings. The van der Waals surface area contributed by atoms with Gasteiger partial charge in [0, 0.05) is 18.1 Å². The van der Waals surface area contributed by atoms with Gasteiger partial charge in [-0.05, 0) is 68.5 Å². The fraction of sp³-hybridized carbons (Fsp3) is 0.435. The van der Waals surface area contributed by atoms with Crippen LogP contribution in [0.4, 0.5) is 0 Å². The topological polar surface area (TPSA) is 32.3 Å². The molecule has 1 amide bonds. The summed E-state index contributed by atoms with van der Waals surface area (Å²) < 4.78 is 0. The van der Waals surface area contributed by atoms with Crippen molar-refractivity contribution in [3.05, 3.63) is 69.7 Å². The molecule has 1 heterocycles. The maximum absolute atomic E-state index is 12.8. The zero-order valence-electron chi connectivity index (χ0n) is 16.5. The van der Waals surface area contributed by atoms with Crippen molar-refractivity contribution in [1.29, 1.82) is 0 Å². The molecular formula is C23H29ClN2O. The first-order valence-corrected chi connectivity index (χ1v) is 10.1. The van der Waals surface area contributed by atoms with Gasteiger partial charge in [0.15, 0.2) is 0 Å². The van der Waals surface area contributed by atoms with Gasteiger partial charge in [0.1, 0.15) is 0 Å². The zero-order chi connectivity index (χ0) is 19.4. The molecule has 0 spiro atoms. The van der Waals surface area contributed by atoms with Gasteiger partial charge in [-0.1, -0.05) is 48.0 Å². The van der Waals surface area contributed by atoms with E-state index in [2.05, 4.69) is 55.3 Å². The molecule has 2 aromatic rings. The number of benzene rings is 2. The summed E-state index contributed by atoms with van der Waals surface area (Å²) in [5.74, 6) is 0.194. The third kappa shape index (κ3) is 5.12. The maximum Gasteiger partial charge on any atom is 0.224 e. The first-order chi connectivity index (χ1) is 12.9. The highest BCUT2D eigenvalue weighted by atomic mass is 35.5. The van der Waals surface area contributed by atoms with Crippen LogP contribution in [-0.4, -0.2) is 23.9 Å². The number of hydrogen-bond acceptors (Lipinski definition) is 2. The Labute approximate surface area is 167 Å². The molecule has 1 N–H and O–H groups in total. The van der Waals surface area contributed by atoms with Crippen LogP contribution in [-0.2, 0) is 11.3 Å². The molecule has 0 bridgehead atoms. The molecule has 3 nitrogen and oxygen atoms in total. The van der Waals surface area contributed by atoms with Gasteiger partial charge < -0.3 is 5.32 Å². The highest BCUT2D eigenvalue weighted by molar-refractivity contribution is 6.31. The van der Waals surface area contributed by atoms with E-state index in [9.17, 15) is 4.79 Å². The number of aryl methyl sites for hydroxylation is 2. The quantitative estimate of drug-likeness (QED) is 0.782. The van der Waals surface area contributed by atoms with Crippen molar-refractivity contribution in [2.24, 2.45) is 5.92 Å². The smallest absolute Gasteiger partial charge is 0.224 e. The lowest BCUT2D eigenvalue weighted by Crippen LogP contribution is -2.43. The summed E-state index contributed by atoms with van der Waals surface area (Å²) in [7, 11) is 0. The van der Waals surface area contributed by atoms with E-state index in [0.29, 0.717) is 0 Å². The Morgan fingerprint density at radius 3 is 2.74 bits per heavy atom. The SMILES string of the molecule is Cc1ccc([C@@H](C)NC(=O)[C@H]2CCCN(Cc3ccccc3Cl)C2)cc1C. The summed E-state index contributed by atoms with van der Waals surface area (Å²) in [6.45, 7) is 8.89. The standard InChI is InChI=1S/C23H29ClN2O/c1-16-10-11-19(13-17(16)2)18(3)25-23(27)21-8-6-12-26(15-21)14-20-7-4-5-9-22(20)24/h4-5,7,9-11,13,18,21H,6,8,12,14-15H2,1-3H3,(H,25,27)/t18-,21+/m1/s1. The fourth-order valence-electron chi connectivity index (χ4n) is 3.73. The van der Waals surface area contributed by atoms with Gasteiger partial charge >= 0.3 is 0 Å². The number of hydrogen-bond donors (Lipinski definition) is 1.